The maximum absolute atomic E-state index is 11.6. The van der Waals surface area contributed by atoms with Crippen LogP contribution in [-0.2, 0) is 4.79 Å². The largest absolute Gasteiger partial charge is 0.384 e. The molecule has 1 rings (SSSR count). The van der Waals surface area contributed by atoms with Gasteiger partial charge in [0.25, 0.3) is 5.91 Å². The minimum Gasteiger partial charge on any atom is -0.384 e. The van der Waals surface area contributed by atoms with Gasteiger partial charge in [-0.15, -0.1) is 0 Å². The van der Waals surface area contributed by atoms with Gasteiger partial charge in [0.15, 0.2) is 0 Å². The predicted octanol–water partition coefficient (Wildman–Crippen LogP) is 0.310. The molecule has 4 N–H and O–H groups in total. The van der Waals surface area contributed by atoms with Gasteiger partial charge in [0.1, 0.15) is 11.5 Å². The van der Waals surface area contributed by atoms with Crippen LogP contribution in [-0.4, -0.2) is 29.9 Å². The molecule has 0 bridgehead atoms. The normalized spacial score (nSPS) is 9.83. The molecule has 0 atom stereocenters. The van der Waals surface area contributed by atoms with Gasteiger partial charge in [-0.05, 0) is 18.6 Å². The van der Waals surface area contributed by atoms with Gasteiger partial charge in [-0.25, -0.2) is 4.98 Å². The molecule has 2 amide bonds. The quantitative estimate of drug-likeness (QED) is 0.677. The average molecular weight is 250 g/mol. The molecule has 6 heteroatoms. The summed E-state index contributed by atoms with van der Waals surface area (Å²) in [6.45, 7) is 2.92. The van der Waals surface area contributed by atoms with Crippen molar-refractivity contribution < 1.29 is 9.59 Å². The molecule has 0 aliphatic carbocycles. The summed E-state index contributed by atoms with van der Waals surface area (Å²) in [5.74, 6) is -0.105. The first-order valence-electron chi connectivity index (χ1n) is 5.91. The highest BCUT2D eigenvalue weighted by molar-refractivity contribution is 5.92. The van der Waals surface area contributed by atoms with Crippen LogP contribution in [0.4, 0.5) is 5.82 Å². The number of amides is 2. The Balaban J connectivity index is 2.31. The van der Waals surface area contributed by atoms with Crippen LogP contribution in [0, 0.1) is 0 Å². The van der Waals surface area contributed by atoms with E-state index in [9.17, 15) is 9.59 Å². The van der Waals surface area contributed by atoms with E-state index in [-0.39, 0.29) is 30.5 Å². The summed E-state index contributed by atoms with van der Waals surface area (Å²) in [5.41, 5.74) is 5.73. The second-order valence-electron chi connectivity index (χ2n) is 3.80. The summed E-state index contributed by atoms with van der Waals surface area (Å²) in [5, 5.41) is 5.34. The van der Waals surface area contributed by atoms with E-state index >= 15 is 0 Å². The zero-order valence-electron chi connectivity index (χ0n) is 10.4. The van der Waals surface area contributed by atoms with Crippen LogP contribution in [0.5, 0.6) is 0 Å². The molecule has 98 valence electrons. The molecular weight excluding hydrogens is 232 g/mol. The highest BCUT2D eigenvalue weighted by Gasteiger charge is 2.07. The fourth-order valence-corrected chi connectivity index (χ4v) is 1.31. The van der Waals surface area contributed by atoms with Crippen LogP contribution in [0.15, 0.2) is 18.2 Å². The molecule has 0 unspecified atom stereocenters. The molecule has 6 nitrogen and oxygen atoms in total. The Morgan fingerprint density at radius 2 is 2.06 bits per heavy atom. The van der Waals surface area contributed by atoms with Crippen molar-refractivity contribution in [1.82, 2.24) is 15.6 Å². The van der Waals surface area contributed by atoms with Gasteiger partial charge in [-0.1, -0.05) is 13.0 Å². The van der Waals surface area contributed by atoms with Crippen molar-refractivity contribution in [3.05, 3.63) is 23.9 Å². The summed E-state index contributed by atoms with van der Waals surface area (Å²) < 4.78 is 0. The van der Waals surface area contributed by atoms with Crippen LogP contribution in [0.25, 0.3) is 0 Å². The third-order valence-electron chi connectivity index (χ3n) is 2.21. The number of hydrogen-bond donors (Lipinski definition) is 3. The molecule has 0 saturated heterocycles. The predicted molar refractivity (Wildman–Crippen MR) is 68.9 cm³/mol. The number of nitrogen functional groups attached to an aromatic ring is 1. The minimum atomic E-state index is -0.328. The van der Waals surface area contributed by atoms with E-state index in [4.69, 9.17) is 5.73 Å². The number of nitrogens with zero attached hydrogens (tertiary/aromatic N) is 1. The maximum atomic E-state index is 11.6. The van der Waals surface area contributed by atoms with Crippen molar-refractivity contribution in [2.75, 3.05) is 18.8 Å². The number of carbonyl (C=O) groups is 2. The first-order valence-corrected chi connectivity index (χ1v) is 5.91. The van der Waals surface area contributed by atoms with Crippen molar-refractivity contribution in [2.24, 2.45) is 0 Å². The lowest BCUT2D eigenvalue weighted by Gasteiger charge is -2.05. The monoisotopic (exact) mass is 250 g/mol. The third-order valence-corrected chi connectivity index (χ3v) is 2.21. The van der Waals surface area contributed by atoms with Crippen molar-refractivity contribution >= 4 is 17.6 Å². The molecule has 0 aromatic carbocycles. The molecule has 0 radical (unpaired) electrons. The van der Waals surface area contributed by atoms with Gasteiger partial charge in [0.05, 0.1) is 0 Å². The zero-order chi connectivity index (χ0) is 13.4. The Hall–Kier alpha value is -2.11. The second kappa shape index (κ2) is 7.26. The lowest BCUT2D eigenvalue weighted by Crippen LogP contribution is -2.31. The molecule has 0 aliphatic heterocycles. The number of nitrogens with one attached hydrogen (secondary N) is 2. The summed E-state index contributed by atoms with van der Waals surface area (Å²) in [6, 6.07) is 4.84. The third kappa shape index (κ3) is 4.82. The van der Waals surface area contributed by atoms with E-state index in [1.54, 1.807) is 18.2 Å². The van der Waals surface area contributed by atoms with E-state index in [1.165, 1.54) is 0 Å². The molecule has 0 aliphatic rings. The number of rotatable bonds is 6. The molecule has 0 saturated carbocycles. The SMILES string of the molecule is CCCNC(=O)CCNC(=O)c1cccc(N)n1. The van der Waals surface area contributed by atoms with Crippen molar-refractivity contribution in [2.45, 2.75) is 19.8 Å². The smallest absolute Gasteiger partial charge is 0.269 e. The Kier molecular flexibility index (Phi) is 5.63. The molecule has 18 heavy (non-hydrogen) atoms. The Morgan fingerprint density at radius 3 is 2.72 bits per heavy atom. The van der Waals surface area contributed by atoms with Crippen molar-refractivity contribution in [1.29, 1.82) is 0 Å². The molecular formula is C12H18N4O2. The standard InChI is InChI=1S/C12H18N4O2/c1-2-7-14-11(17)6-8-15-12(18)9-4-3-5-10(13)16-9/h3-5H,2,6-8H2,1H3,(H2,13,16)(H,14,17)(H,15,18). The fraction of sp³-hybridized carbons (Fsp3) is 0.417. The molecule has 1 aromatic rings. The lowest BCUT2D eigenvalue weighted by molar-refractivity contribution is -0.120. The minimum absolute atomic E-state index is 0.0716. The Labute approximate surface area is 106 Å². The summed E-state index contributed by atoms with van der Waals surface area (Å²) >= 11 is 0. The van der Waals surface area contributed by atoms with Crippen LogP contribution < -0.4 is 16.4 Å². The van der Waals surface area contributed by atoms with Crippen molar-refractivity contribution in [3.63, 3.8) is 0 Å². The number of hydrogen-bond acceptors (Lipinski definition) is 4. The first kappa shape index (κ1) is 14.0. The molecule has 0 fully saturated rings. The number of anilines is 1. The summed E-state index contributed by atoms with van der Waals surface area (Å²) in [4.78, 5) is 26.8. The molecule has 1 heterocycles. The number of pyridine rings is 1. The van der Waals surface area contributed by atoms with Gasteiger partial charge >= 0.3 is 0 Å². The average Bonchev–Trinajstić information content (AvgIpc) is 2.36. The van der Waals surface area contributed by atoms with E-state index in [0.717, 1.165) is 6.42 Å². The molecule has 1 aromatic heterocycles. The van der Waals surface area contributed by atoms with E-state index < -0.39 is 0 Å². The second-order valence-corrected chi connectivity index (χ2v) is 3.80. The number of nitrogens with two attached hydrogens (primary N) is 1. The summed E-state index contributed by atoms with van der Waals surface area (Å²) in [7, 11) is 0. The zero-order valence-corrected chi connectivity index (χ0v) is 10.4. The van der Waals surface area contributed by atoms with Gasteiger partial charge < -0.3 is 16.4 Å². The number of aromatic nitrogens is 1. The molecule has 0 spiro atoms. The van der Waals surface area contributed by atoms with Crippen LogP contribution in [0.1, 0.15) is 30.3 Å². The Bertz CT molecular complexity index is 420. The van der Waals surface area contributed by atoms with Crippen LogP contribution >= 0.6 is 0 Å². The van der Waals surface area contributed by atoms with Gasteiger partial charge in [-0.3, -0.25) is 9.59 Å². The topological polar surface area (TPSA) is 97.1 Å². The lowest BCUT2D eigenvalue weighted by atomic mass is 10.3. The highest BCUT2D eigenvalue weighted by Crippen LogP contribution is 1.99. The van der Waals surface area contributed by atoms with Gasteiger partial charge in [0.2, 0.25) is 5.91 Å². The van der Waals surface area contributed by atoms with E-state index in [1.807, 2.05) is 6.92 Å². The highest BCUT2D eigenvalue weighted by atomic mass is 16.2. The Morgan fingerprint density at radius 1 is 1.28 bits per heavy atom. The van der Waals surface area contributed by atoms with Gasteiger partial charge in [-0.2, -0.15) is 0 Å². The van der Waals surface area contributed by atoms with Crippen LogP contribution in [0.2, 0.25) is 0 Å². The van der Waals surface area contributed by atoms with E-state index in [0.29, 0.717) is 12.4 Å². The van der Waals surface area contributed by atoms with Gasteiger partial charge in [0, 0.05) is 19.5 Å². The van der Waals surface area contributed by atoms with E-state index in [2.05, 4.69) is 15.6 Å². The fourth-order valence-electron chi connectivity index (χ4n) is 1.31. The number of carbonyl (C=O) groups excluding carboxylic acids is 2. The van der Waals surface area contributed by atoms with Crippen LogP contribution in [0.3, 0.4) is 0 Å². The maximum Gasteiger partial charge on any atom is 0.269 e. The first-order chi connectivity index (χ1) is 8.63. The van der Waals surface area contributed by atoms with Crippen molar-refractivity contribution in [3.8, 4) is 0 Å². The summed E-state index contributed by atoms with van der Waals surface area (Å²) in [6.07, 6.45) is 1.15.